The van der Waals surface area contributed by atoms with Gasteiger partial charge in [-0.1, -0.05) is 30.0 Å². The highest BCUT2D eigenvalue weighted by atomic mass is 32.2. The molecule has 2 aromatic heterocycles. The van der Waals surface area contributed by atoms with Crippen molar-refractivity contribution < 1.29 is 4.79 Å². The molecule has 1 amide bonds. The molecule has 0 bridgehead atoms. The molecule has 1 aliphatic rings. The summed E-state index contributed by atoms with van der Waals surface area (Å²) in [7, 11) is 0. The van der Waals surface area contributed by atoms with E-state index in [0.717, 1.165) is 35.2 Å². The summed E-state index contributed by atoms with van der Waals surface area (Å²) in [6, 6.07) is 16.0. The van der Waals surface area contributed by atoms with E-state index in [2.05, 4.69) is 42.5 Å². The molecule has 7 nitrogen and oxygen atoms in total. The van der Waals surface area contributed by atoms with Gasteiger partial charge in [0.1, 0.15) is 5.52 Å². The van der Waals surface area contributed by atoms with Crippen molar-refractivity contribution in [1.82, 2.24) is 20.2 Å². The molecule has 0 unspecified atom stereocenters. The third kappa shape index (κ3) is 3.95. The van der Waals surface area contributed by atoms with Crippen LogP contribution in [-0.2, 0) is 4.79 Å². The highest BCUT2D eigenvalue weighted by molar-refractivity contribution is 7.99. The van der Waals surface area contributed by atoms with E-state index in [9.17, 15) is 4.79 Å². The number of fused-ring (bicyclic) bond motifs is 3. The average molecular weight is 419 g/mol. The predicted octanol–water partition coefficient (Wildman–Crippen LogP) is 4.23. The van der Waals surface area contributed by atoms with E-state index in [4.69, 9.17) is 0 Å². The van der Waals surface area contributed by atoms with Crippen LogP contribution in [0.5, 0.6) is 0 Å². The van der Waals surface area contributed by atoms with Crippen LogP contribution in [0.1, 0.15) is 19.3 Å². The van der Waals surface area contributed by atoms with Crippen LogP contribution in [0.4, 0.5) is 11.4 Å². The molecule has 1 saturated heterocycles. The van der Waals surface area contributed by atoms with Gasteiger partial charge in [0.25, 0.3) is 0 Å². The summed E-state index contributed by atoms with van der Waals surface area (Å²) in [5.41, 5.74) is 4.41. The van der Waals surface area contributed by atoms with Crippen LogP contribution in [0.2, 0.25) is 0 Å². The maximum atomic E-state index is 12.4. The second-order valence-electron chi connectivity index (χ2n) is 7.39. The number of H-pyrrole nitrogens is 1. The first kappa shape index (κ1) is 18.9. The van der Waals surface area contributed by atoms with Crippen LogP contribution < -0.4 is 10.2 Å². The van der Waals surface area contributed by atoms with Crippen molar-refractivity contribution in [2.24, 2.45) is 0 Å². The molecule has 2 N–H and O–H groups in total. The molecule has 1 fully saturated rings. The van der Waals surface area contributed by atoms with E-state index in [1.165, 1.54) is 36.7 Å². The minimum Gasteiger partial charge on any atom is -0.372 e. The molecule has 0 aliphatic carbocycles. The van der Waals surface area contributed by atoms with Gasteiger partial charge in [-0.25, -0.2) is 4.98 Å². The lowest BCUT2D eigenvalue weighted by molar-refractivity contribution is -0.113. The smallest absolute Gasteiger partial charge is 0.234 e. The zero-order valence-electron chi connectivity index (χ0n) is 16.5. The predicted molar refractivity (Wildman–Crippen MR) is 121 cm³/mol. The molecule has 2 aromatic carbocycles. The third-order valence-corrected chi connectivity index (χ3v) is 6.14. The van der Waals surface area contributed by atoms with E-state index in [-0.39, 0.29) is 11.7 Å². The first-order valence-corrected chi connectivity index (χ1v) is 11.1. The van der Waals surface area contributed by atoms with Gasteiger partial charge in [-0.2, -0.15) is 0 Å². The minimum absolute atomic E-state index is 0.0916. The number of rotatable bonds is 5. The Labute approximate surface area is 178 Å². The number of hydrogen-bond donors (Lipinski definition) is 2. The Morgan fingerprint density at radius 2 is 1.83 bits per heavy atom. The topological polar surface area (TPSA) is 86.8 Å². The van der Waals surface area contributed by atoms with Crippen LogP contribution in [-0.4, -0.2) is 44.9 Å². The molecule has 5 rings (SSSR count). The molecular weight excluding hydrogens is 396 g/mol. The Bertz CT molecular complexity index is 1180. The van der Waals surface area contributed by atoms with Crippen molar-refractivity contribution in [1.29, 1.82) is 0 Å². The van der Waals surface area contributed by atoms with E-state index in [1.807, 2.05) is 36.4 Å². The van der Waals surface area contributed by atoms with Gasteiger partial charge >= 0.3 is 0 Å². The fourth-order valence-electron chi connectivity index (χ4n) is 3.80. The normalized spacial score (nSPS) is 14.3. The molecule has 0 spiro atoms. The van der Waals surface area contributed by atoms with E-state index >= 15 is 0 Å². The molecule has 152 valence electrons. The molecule has 1 aliphatic heterocycles. The molecule has 0 radical (unpaired) electrons. The summed E-state index contributed by atoms with van der Waals surface area (Å²) < 4.78 is 0. The lowest BCUT2D eigenvalue weighted by atomic mass is 10.1. The molecule has 0 saturated carbocycles. The summed E-state index contributed by atoms with van der Waals surface area (Å²) in [5, 5.41) is 12.9. The zero-order chi connectivity index (χ0) is 20.3. The number of hydrogen-bond acceptors (Lipinski definition) is 6. The standard InChI is InChI=1S/C22H22N6OS/c29-19(23-15-8-10-16(11-9-15)28-12-4-1-5-13-28)14-30-22-25-21-20(26-27-22)17-6-2-3-7-18(17)24-21/h2-3,6-11H,1,4-5,12-14H2,(H,23,29)(H,24,25,27). The number of benzene rings is 2. The number of amides is 1. The number of carbonyl (C=O) groups is 1. The summed E-state index contributed by atoms with van der Waals surface area (Å²) >= 11 is 1.27. The van der Waals surface area contributed by atoms with Gasteiger partial charge < -0.3 is 15.2 Å². The molecule has 8 heteroatoms. The van der Waals surface area contributed by atoms with E-state index < -0.39 is 0 Å². The second-order valence-corrected chi connectivity index (χ2v) is 8.34. The van der Waals surface area contributed by atoms with Crippen LogP contribution in [0.15, 0.2) is 53.7 Å². The fraction of sp³-hybridized carbons (Fsp3) is 0.273. The van der Waals surface area contributed by atoms with Gasteiger partial charge in [0, 0.05) is 35.4 Å². The largest absolute Gasteiger partial charge is 0.372 e. The summed E-state index contributed by atoms with van der Waals surface area (Å²) in [6.07, 6.45) is 3.81. The third-order valence-electron chi connectivity index (χ3n) is 5.31. The number of carbonyl (C=O) groups excluding carboxylic acids is 1. The number of anilines is 2. The maximum Gasteiger partial charge on any atom is 0.234 e. The molecule has 0 atom stereocenters. The number of piperidine rings is 1. The SMILES string of the molecule is O=C(CSc1nnc2c(n1)[nH]c1ccccc12)Nc1ccc(N2CCCCC2)cc1. The van der Waals surface area contributed by atoms with Gasteiger partial charge in [-0.05, 0) is 49.6 Å². The Morgan fingerprint density at radius 3 is 2.67 bits per heavy atom. The van der Waals surface area contributed by atoms with Gasteiger partial charge in [0.2, 0.25) is 11.1 Å². The van der Waals surface area contributed by atoms with Gasteiger partial charge in [0.15, 0.2) is 5.65 Å². The second kappa shape index (κ2) is 8.31. The number of nitrogens with zero attached hydrogens (tertiary/aromatic N) is 4. The van der Waals surface area contributed by atoms with Crippen molar-refractivity contribution in [2.45, 2.75) is 24.4 Å². The van der Waals surface area contributed by atoms with E-state index in [1.54, 1.807) is 0 Å². The van der Waals surface area contributed by atoms with Crippen molar-refractivity contribution in [3.8, 4) is 0 Å². The van der Waals surface area contributed by atoms with Crippen LogP contribution in [0, 0.1) is 0 Å². The lowest BCUT2D eigenvalue weighted by Crippen LogP contribution is -2.29. The van der Waals surface area contributed by atoms with Crippen molar-refractivity contribution in [2.75, 3.05) is 29.1 Å². The number of aromatic amines is 1. The average Bonchev–Trinajstić information content (AvgIpc) is 3.17. The summed E-state index contributed by atoms with van der Waals surface area (Å²) in [4.78, 5) is 22.5. The highest BCUT2D eigenvalue weighted by Crippen LogP contribution is 2.24. The Kier molecular flexibility index (Phi) is 5.23. The monoisotopic (exact) mass is 418 g/mol. The van der Waals surface area contributed by atoms with Gasteiger partial charge in [-0.15, -0.1) is 10.2 Å². The van der Waals surface area contributed by atoms with Crippen LogP contribution >= 0.6 is 11.8 Å². The zero-order valence-corrected chi connectivity index (χ0v) is 17.3. The number of para-hydroxylation sites is 1. The van der Waals surface area contributed by atoms with Gasteiger partial charge in [-0.3, -0.25) is 4.79 Å². The molecule has 4 aromatic rings. The highest BCUT2D eigenvalue weighted by Gasteiger charge is 2.12. The number of aromatic nitrogens is 4. The van der Waals surface area contributed by atoms with Crippen LogP contribution in [0.3, 0.4) is 0 Å². The van der Waals surface area contributed by atoms with Crippen molar-refractivity contribution >= 4 is 51.1 Å². The summed E-state index contributed by atoms with van der Waals surface area (Å²) in [5.74, 6) is 0.132. The first-order valence-electron chi connectivity index (χ1n) is 10.1. The lowest BCUT2D eigenvalue weighted by Gasteiger charge is -2.28. The Hall–Kier alpha value is -3.13. The molecule has 30 heavy (non-hydrogen) atoms. The number of nitrogens with one attached hydrogen (secondary N) is 2. The number of thioether (sulfide) groups is 1. The fourth-order valence-corrected chi connectivity index (χ4v) is 4.39. The Morgan fingerprint density at radius 1 is 1.03 bits per heavy atom. The molecular formula is C22H22N6OS. The summed E-state index contributed by atoms with van der Waals surface area (Å²) in [6.45, 7) is 2.22. The van der Waals surface area contributed by atoms with Crippen LogP contribution in [0.25, 0.3) is 22.1 Å². The Balaban J connectivity index is 1.20. The maximum absolute atomic E-state index is 12.4. The quantitative estimate of drug-likeness (QED) is 0.472. The van der Waals surface area contributed by atoms with Crippen molar-refractivity contribution in [3.05, 3.63) is 48.5 Å². The van der Waals surface area contributed by atoms with Gasteiger partial charge in [0.05, 0.1) is 5.75 Å². The minimum atomic E-state index is -0.0916. The van der Waals surface area contributed by atoms with Crippen molar-refractivity contribution in [3.63, 3.8) is 0 Å². The first-order chi connectivity index (χ1) is 14.8. The van der Waals surface area contributed by atoms with E-state index in [0.29, 0.717) is 10.8 Å². The molecule has 3 heterocycles.